The summed E-state index contributed by atoms with van der Waals surface area (Å²) in [5.74, 6) is 0.446. The van der Waals surface area contributed by atoms with Crippen LogP contribution in [0.1, 0.15) is 0 Å². The summed E-state index contributed by atoms with van der Waals surface area (Å²) in [6.07, 6.45) is 0. The number of phenols is 2. The molecular formula is C38H24N2O2. The van der Waals surface area contributed by atoms with Gasteiger partial charge in [0.2, 0.25) is 0 Å². The lowest BCUT2D eigenvalue weighted by Crippen LogP contribution is -1.92. The fraction of sp³-hybridized carbons (Fsp3) is 0. The van der Waals surface area contributed by atoms with Crippen molar-refractivity contribution in [1.29, 1.82) is 0 Å². The summed E-state index contributed by atoms with van der Waals surface area (Å²) in [7, 11) is 0. The first-order valence-corrected chi connectivity index (χ1v) is 14.1. The van der Waals surface area contributed by atoms with Crippen molar-refractivity contribution in [3.05, 3.63) is 121 Å². The third-order valence-corrected chi connectivity index (χ3v) is 8.73. The molecule has 0 saturated heterocycles. The lowest BCUT2D eigenvalue weighted by molar-refractivity contribution is 0.477. The van der Waals surface area contributed by atoms with E-state index in [1.54, 1.807) is 12.1 Å². The zero-order chi connectivity index (χ0) is 27.9. The summed E-state index contributed by atoms with van der Waals surface area (Å²) in [5, 5.41) is 31.3. The van der Waals surface area contributed by atoms with E-state index in [9.17, 15) is 10.2 Å². The van der Waals surface area contributed by atoms with Crippen LogP contribution in [0, 0.1) is 0 Å². The molecule has 0 radical (unpaired) electrons. The Labute approximate surface area is 240 Å². The van der Waals surface area contributed by atoms with Gasteiger partial charge >= 0.3 is 0 Å². The van der Waals surface area contributed by atoms with Gasteiger partial charge in [0.05, 0.1) is 11.0 Å². The van der Waals surface area contributed by atoms with Crippen molar-refractivity contribution in [2.45, 2.75) is 0 Å². The Kier molecular flexibility index (Phi) is 4.59. The number of rotatable bonds is 2. The van der Waals surface area contributed by atoms with E-state index in [2.05, 4.69) is 58.5 Å². The van der Waals surface area contributed by atoms with Crippen LogP contribution in [-0.4, -0.2) is 20.2 Å². The molecule has 4 N–H and O–H groups in total. The molecule has 2 aromatic heterocycles. The smallest absolute Gasteiger partial charge is 0.124 e. The zero-order valence-corrected chi connectivity index (χ0v) is 22.4. The van der Waals surface area contributed by atoms with Crippen molar-refractivity contribution in [3.8, 4) is 33.8 Å². The molecule has 0 atom stereocenters. The highest BCUT2D eigenvalue weighted by Crippen LogP contribution is 2.53. The van der Waals surface area contributed by atoms with E-state index in [0.717, 1.165) is 87.4 Å². The largest absolute Gasteiger partial charge is 0.507 e. The molecule has 9 rings (SSSR count). The van der Waals surface area contributed by atoms with Crippen LogP contribution in [0.4, 0.5) is 0 Å². The Morgan fingerprint density at radius 3 is 1.19 bits per heavy atom. The minimum absolute atomic E-state index is 0.223. The quantitative estimate of drug-likeness (QED) is 0.176. The number of aromatic nitrogens is 2. The van der Waals surface area contributed by atoms with Gasteiger partial charge < -0.3 is 20.2 Å². The number of para-hydroxylation sites is 2. The van der Waals surface area contributed by atoms with Gasteiger partial charge in [0.1, 0.15) is 11.5 Å². The third-order valence-electron chi connectivity index (χ3n) is 8.73. The number of fused-ring (bicyclic) bond motifs is 8. The first-order valence-electron chi connectivity index (χ1n) is 14.1. The minimum Gasteiger partial charge on any atom is -0.507 e. The maximum atomic E-state index is 11.6. The lowest BCUT2D eigenvalue weighted by atomic mass is 9.86. The second-order valence-corrected chi connectivity index (χ2v) is 11.0. The summed E-state index contributed by atoms with van der Waals surface area (Å²) >= 11 is 0. The van der Waals surface area contributed by atoms with Crippen LogP contribution in [0.15, 0.2) is 121 Å². The molecule has 7 aromatic carbocycles. The number of benzene rings is 7. The van der Waals surface area contributed by atoms with Gasteiger partial charge in [0.25, 0.3) is 0 Å². The minimum atomic E-state index is 0.223. The summed E-state index contributed by atoms with van der Waals surface area (Å²) in [4.78, 5) is 7.51. The van der Waals surface area contributed by atoms with E-state index in [-0.39, 0.29) is 11.5 Å². The van der Waals surface area contributed by atoms with Crippen molar-refractivity contribution in [2.24, 2.45) is 0 Å². The van der Waals surface area contributed by atoms with Crippen LogP contribution in [0.5, 0.6) is 11.5 Å². The molecule has 198 valence electrons. The molecule has 9 aromatic rings. The second-order valence-electron chi connectivity index (χ2n) is 11.0. The normalized spacial score (nSPS) is 12.0. The Bertz CT molecular complexity index is 2370. The van der Waals surface area contributed by atoms with Gasteiger partial charge in [-0.1, -0.05) is 97.1 Å². The molecular weight excluding hydrogens is 516 g/mol. The Hall–Kier alpha value is -5.74. The number of H-pyrrole nitrogens is 2. The summed E-state index contributed by atoms with van der Waals surface area (Å²) in [6, 6.07) is 40.5. The van der Waals surface area contributed by atoms with E-state index in [0.29, 0.717) is 0 Å². The van der Waals surface area contributed by atoms with Gasteiger partial charge in [-0.3, -0.25) is 0 Å². The maximum Gasteiger partial charge on any atom is 0.124 e. The van der Waals surface area contributed by atoms with Crippen molar-refractivity contribution in [2.75, 3.05) is 0 Å². The van der Waals surface area contributed by atoms with Crippen LogP contribution in [0.3, 0.4) is 0 Å². The molecule has 0 aliphatic carbocycles. The SMILES string of the molecule is Oc1ccc2ccccc2c1-c1c2[nH]c3ccccc3c2c(-c2c(O)ccc3ccccc23)c2[nH]c3ccccc3c12. The lowest BCUT2D eigenvalue weighted by Gasteiger charge is -2.17. The fourth-order valence-corrected chi connectivity index (χ4v) is 6.97. The highest BCUT2D eigenvalue weighted by atomic mass is 16.3. The predicted octanol–water partition coefficient (Wildman–Crippen LogP) is 10.0. The Balaban J connectivity index is 1.63. The molecule has 4 heteroatoms. The van der Waals surface area contributed by atoms with Gasteiger partial charge in [0, 0.05) is 54.8 Å². The highest BCUT2D eigenvalue weighted by molar-refractivity contribution is 6.34. The molecule has 0 unspecified atom stereocenters. The maximum absolute atomic E-state index is 11.6. The Morgan fingerprint density at radius 1 is 0.357 bits per heavy atom. The van der Waals surface area contributed by atoms with Crippen LogP contribution in [0.25, 0.3) is 87.4 Å². The second kappa shape index (κ2) is 8.38. The van der Waals surface area contributed by atoms with Crippen LogP contribution in [-0.2, 0) is 0 Å². The van der Waals surface area contributed by atoms with E-state index < -0.39 is 0 Å². The number of aromatic amines is 2. The van der Waals surface area contributed by atoms with Gasteiger partial charge in [-0.05, 0) is 45.8 Å². The number of hydrogen-bond donors (Lipinski definition) is 4. The molecule has 0 fully saturated rings. The van der Waals surface area contributed by atoms with Crippen LogP contribution < -0.4 is 0 Å². The van der Waals surface area contributed by atoms with Gasteiger partial charge in [0.15, 0.2) is 0 Å². The van der Waals surface area contributed by atoms with Crippen LogP contribution in [0.2, 0.25) is 0 Å². The fourth-order valence-electron chi connectivity index (χ4n) is 6.97. The van der Waals surface area contributed by atoms with Crippen molar-refractivity contribution >= 4 is 65.2 Å². The molecule has 2 heterocycles. The number of aromatic hydroxyl groups is 2. The average Bonchev–Trinajstić information content (AvgIpc) is 3.60. The van der Waals surface area contributed by atoms with E-state index in [1.165, 1.54) is 0 Å². The molecule has 0 saturated carbocycles. The number of nitrogens with one attached hydrogen (secondary N) is 2. The standard InChI is InChI=1S/C38H24N2O2/c41-29-19-17-21-9-1-3-11-23(21)31(29)35-33-25-13-5-7-15-27(25)40-38(33)36(34-26-14-6-8-16-28(26)39-37(34)35)32-24-12-4-2-10-22(24)18-20-30(32)42/h1-20,39-42H. The Morgan fingerprint density at radius 2 is 0.738 bits per heavy atom. The molecule has 0 aliphatic heterocycles. The topological polar surface area (TPSA) is 72.0 Å². The van der Waals surface area contributed by atoms with Crippen molar-refractivity contribution in [3.63, 3.8) is 0 Å². The summed E-state index contributed by atoms with van der Waals surface area (Å²) in [5.41, 5.74) is 7.27. The van der Waals surface area contributed by atoms with Crippen molar-refractivity contribution < 1.29 is 10.2 Å². The molecule has 0 spiro atoms. The molecule has 4 nitrogen and oxygen atoms in total. The van der Waals surface area contributed by atoms with Gasteiger partial charge in [-0.25, -0.2) is 0 Å². The van der Waals surface area contributed by atoms with E-state index in [4.69, 9.17) is 0 Å². The van der Waals surface area contributed by atoms with E-state index in [1.807, 2.05) is 60.7 Å². The molecule has 0 bridgehead atoms. The van der Waals surface area contributed by atoms with E-state index >= 15 is 0 Å². The average molecular weight is 541 g/mol. The monoisotopic (exact) mass is 540 g/mol. The molecule has 42 heavy (non-hydrogen) atoms. The molecule has 0 amide bonds. The number of hydrogen-bond acceptors (Lipinski definition) is 2. The molecule has 0 aliphatic rings. The van der Waals surface area contributed by atoms with Crippen molar-refractivity contribution in [1.82, 2.24) is 9.97 Å². The van der Waals surface area contributed by atoms with Crippen LogP contribution >= 0.6 is 0 Å². The first-order chi connectivity index (χ1) is 20.7. The van der Waals surface area contributed by atoms with Gasteiger partial charge in [-0.2, -0.15) is 0 Å². The van der Waals surface area contributed by atoms with Gasteiger partial charge in [-0.15, -0.1) is 0 Å². The highest BCUT2D eigenvalue weighted by Gasteiger charge is 2.27. The summed E-state index contributed by atoms with van der Waals surface area (Å²) in [6.45, 7) is 0. The zero-order valence-electron chi connectivity index (χ0n) is 22.4. The first kappa shape index (κ1) is 23.0. The summed E-state index contributed by atoms with van der Waals surface area (Å²) < 4.78 is 0. The predicted molar refractivity (Wildman–Crippen MR) is 174 cm³/mol. The third kappa shape index (κ3) is 3.01. The number of phenolic OH excluding ortho intramolecular Hbond substituents is 2.